The quantitative estimate of drug-likeness (QED) is 0.552. The van der Waals surface area contributed by atoms with Crippen LogP contribution in [0.5, 0.6) is 5.75 Å². The van der Waals surface area contributed by atoms with Gasteiger partial charge in [-0.05, 0) is 60.9 Å². The van der Waals surface area contributed by atoms with Crippen LogP contribution in [0.3, 0.4) is 0 Å². The number of piperidine rings is 1. The van der Waals surface area contributed by atoms with Crippen molar-refractivity contribution >= 4 is 15.8 Å². The molecule has 1 aliphatic rings. The summed E-state index contributed by atoms with van der Waals surface area (Å²) >= 11 is 0. The molecule has 0 unspecified atom stereocenters. The third-order valence-corrected chi connectivity index (χ3v) is 7.59. The van der Waals surface area contributed by atoms with Crippen molar-refractivity contribution in [3.05, 3.63) is 72.4 Å². The molecular weight excluding hydrogens is 436 g/mol. The van der Waals surface area contributed by atoms with E-state index in [1.807, 2.05) is 67.7 Å². The van der Waals surface area contributed by atoms with Gasteiger partial charge in [-0.25, -0.2) is 13.4 Å². The maximum Gasteiger partial charge on any atom is 0.243 e. The fraction of sp³-hybridized carbons (Fsp3) is 0.280. The highest BCUT2D eigenvalue weighted by molar-refractivity contribution is 7.89. The molecule has 1 aromatic heterocycles. The van der Waals surface area contributed by atoms with E-state index in [9.17, 15) is 8.42 Å². The van der Waals surface area contributed by atoms with Gasteiger partial charge in [0.25, 0.3) is 0 Å². The van der Waals surface area contributed by atoms with Crippen molar-refractivity contribution in [2.45, 2.75) is 23.8 Å². The van der Waals surface area contributed by atoms with Gasteiger partial charge in [-0.2, -0.15) is 9.57 Å². The van der Waals surface area contributed by atoms with Gasteiger partial charge >= 0.3 is 0 Å². The van der Waals surface area contributed by atoms with Crippen LogP contribution in [-0.2, 0) is 10.0 Å². The zero-order valence-corrected chi connectivity index (χ0v) is 19.5. The van der Waals surface area contributed by atoms with Crippen LogP contribution < -0.4 is 9.64 Å². The smallest absolute Gasteiger partial charge is 0.243 e. The summed E-state index contributed by atoms with van der Waals surface area (Å²) in [5, 5.41) is 9.05. The van der Waals surface area contributed by atoms with Crippen LogP contribution in [0.15, 0.2) is 71.8 Å². The largest absolute Gasteiger partial charge is 0.490 e. The van der Waals surface area contributed by atoms with Crippen LogP contribution in [-0.4, -0.2) is 51.0 Å². The lowest BCUT2D eigenvalue weighted by Gasteiger charge is -2.31. The van der Waals surface area contributed by atoms with Crippen molar-refractivity contribution in [1.29, 1.82) is 5.26 Å². The van der Waals surface area contributed by atoms with E-state index in [1.165, 1.54) is 16.4 Å². The van der Waals surface area contributed by atoms with Crippen molar-refractivity contribution < 1.29 is 13.2 Å². The van der Waals surface area contributed by atoms with Crippen LogP contribution >= 0.6 is 0 Å². The second-order valence-electron chi connectivity index (χ2n) is 8.18. The van der Waals surface area contributed by atoms with Crippen LogP contribution in [0, 0.1) is 11.3 Å². The number of nitrogens with zero attached hydrogens (tertiary/aromatic N) is 4. The highest BCUT2D eigenvalue weighted by atomic mass is 32.2. The normalized spacial score (nSPS) is 15.1. The fourth-order valence-corrected chi connectivity index (χ4v) is 5.32. The molecule has 3 aromatic rings. The minimum absolute atomic E-state index is 0.0474. The third-order valence-electron chi connectivity index (χ3n) is 5.70. The second kappa shape index (κ2) is 9.61. The standard InChI is InChI=1S/C25H26N4O3S/c1-28(2)25-11-8-21(18-27-25)20-6-9-22(10-7-20)32-23-12-14-29(15-13-23)33(30,31)24-5-3-4-19(16-24)17-26/h3-11,16,18,23H,12-15H2,1-2H3. The van der Waals surface area contributed by atoms with Crippen LogP contribution in [0.25, 0.3) is 11.1 Å². The van der Waals surface area contributed by atoms with E-state index in [0.29, 0.717) is 31.5 Å². The lowest BCUT2D eigenvalue weighted by molar-refractivity contribution is 0.135. The number of nitriles is 1. The Labute approximate surface area is 194 Å². The Bertz CT molecular complexity index is 1240. The molecule has 0 saturated carbocycles. The maximum absolute atomic E-state index is 12.9. The molecule has 7 nitrogen and oxygen atoms in total. The number of aromatic nitrogens is 1. The van der Waals surface area contributed by atoms with Crippen LogP contribution in [0.1, 0.15) is 18.4 Å². The summed E-state index contributed by atoms with van der Waals surface area (Å²) in [4.78, 5) is 6.57. The minimum atomic E-state index is -3.62. The minimum Gasteiger partial charge on any atom is -0.490 e. The molecule has 0 aliphatic carbocycles. The first-order chi connectivity index (χ1) is 15.9. The summed E-state index contributed by atoms with van der Waals surface area (Å²) < 4.78 is 33.4. The topological polar surface area (TPSA) is 86.5 Å². The number of hydrogen-bond donors (Lipinski definition) is 0. The van der Waals surface area contributed by atoms with Gasteiger partial charge in [0.2, 0.25) is 10.0 Å². The first-order valence-electron chi connectivity index (χ1n) is 10.8. The second-order valence-corrected chi connectivity index (χ2v) is 10.1. The van der Waals surface area contributed by atoms with E-state index >= 15 is 0 Å². The summed E-state index contributed by atoms with van der Waals surface area (Å²) in [6.07, 6.45) is 3.02. The van der Waals surface area contributed by atoms with E-state index < -0.39 is 10.0 Å². The SMILES string of the molecule is CN(C)c1ccc(-c2ccc(OC3CCN(S(=O)(=O)c4cccc(C#N)c4)CC3)cc2)cn1. The first-order valence-corrected chi connectivity index (χ1v) is 12.2. The Morgan fingerprint density at radius 3 is 2.33 bits per heavy atom. The Morgan fingerprint density at radius 1 is 1.03 bits per heavy atom. The van der Waals surface area contributed by atoms with E-state index in [2.05, 4.69) is 4.98 Å². The van der Waals surface area contributed by atoms with E-state index in [1.54, 1.807) is 12.1 Å². The molecule has 0 bridgehead atoms. The number of benzene rings is 2. The molecule has 2 aromatic carbocycles. The maximum atomic E-state index is 12.9. The number of pyridine rings is 1. The van der Waals surface area contributed by atoms with E-state index in [-0.39, 0.29) is 11.0 Å². The number of anilines is 1. The molecule has 170 valence electrons. The Hall–Kier alpha value is -3.41. The summed E-state index contributed by atoms with van der Waals surface area (Å²) in [6.45, 7) is 0.761. The number of hydrogen-bond acceptors (Lipinski definition) is 6. The molecular formula is C25H26N4O3S. The highest BCUT2D eigenvalue weighted by Gasteiger charge is 2.30. The van der Waals surface area contributed by atoms with Crippen LogP contribution in [0.2, 0.25) is 0 Å². The molecule has 0 amide bonds. The van der Waals surface area contributed by atoms with E-state index in [4.69, 9.17) is 10.00 Å². The average Bonchev–Trinajstić information content (AvgIpc) is 2.85. The summed E-state index contributed by atoms with van der Waals surface area (Å²) in [6, 6.07) is 20.0. The Kier molecular flexibility index (Phi) is 6.63. The molecule has 0 atom stereocenters. The Balaban J connectivity index is 1.35. The molecule has 0 N–H and O–H groups in total. The lowest BCUT2D eigenvalue weighted by Crippen LogP contribution is -2.41. The number of ether oxygens (including phenoxy) is 1. The highest BCUT2D eigenvalue weighted by Crippen LogP contribution is 2.27. The van der Waals surface area contributed by atoms with Gasteiger partial charge in [0.05, 0.1) is 16.5 Å². The molecule has 0 radical (unpaired) electrons. The Morgan fingerprint density at radius 2 is 1.73 bits per heavy atom. The van der Waals surface area contributed by atoms with E-state index in [0.717, 1.165) is 22.7 Å². The molecule has 1 fully saturated rings. The molecule has 2 heterocycles. The van der Waals surface area contributed by atoms with Crippen molar-refractivity contribution in [2.75, 3.05) is 32.1 Å². The predicted molar refractivity (Wildman–Crippen MR) is 128 cm³/mol. The molecule has 8 heteroatoms. The molecule has 1 aliphatic heterocycles. The van der Waals surface area contributed by atoms with Gasteiger partial charge in [-0.3, -0.25) is 0 Å². The predicted octanol–water partition coefficient (Wildman–Crippen LogP) is 3.92. The van der Waals surface area contributed by atoms with Crippen LogP contribution in [0.4, 0.5) is 5.82 Å². The third kappa shape index (κ3) is 5.16. The first kappa shape index (κ1) is 22.8. The molecule has 1 saturated heterocycles. The monoisotopic (exact) mass is 462 g/mol. The number of sulfonamides is 1. The van der Waals surface area contributed by atoms with Crippen molar-refractivity contribution in [1.82, 2.24) is 9.29 Å². The number of rotatable bonds is 6. The van der Waals surface area contributed by atoms with Gasteiger partial charge in [0, 0.05) is 38.9 Å². The summed E-state index contributed by atoms with van der Waals surface area (Å²) in [5.41, 5.74) is 2.42. The zero-order valence-electron chi connectivity index (χ0n) is 18.7. The summed E-state index contributed by atoms with van der Waals surface area (Å²) in [7, 11) is 0.299. The van der Waals surface area contributed by atoms with Gasteiger partial charge < -0.3 is 9.64 Å². The molecule has 0 spiro atoms. The van der Waals surface area contributed by atoms with Gasteiger partial charge in [0.15, 0.2) is 0 Å². The van der Waals surface area contributed by atoms with Gasteiger partial charge in [-0.15, -0.1) is 0 Å². The van der Waals surface area contributed by atoms with Crippen molar-refractivity contribution in [3.8, 4) is 22.9 Å². The van der Waals surface area contributed by atoms with Gasteiger partial charge in [-0.1, -0.05) is 18.2 Å². The average molecular weight is 463 g/mol. The zero-order chi connectivity index (χ0) is 23.4. The van der Waals surface area contributed by atoms with Gasteiger partial charge in [0.1, 0.15) is 17.7 Å². The molecule has 33 heavy (non-hydrogen) atoms. The van der Waals surface area contributed by atoms with Crippen molar-refractivity contribution in [2.24, 2.45) is 0 Å². The fourth-order valence-electron chi connectivity index (χ4n) is 3.81. The summed E-state index contributed by atoms with van der Waals surface area (Å²) in [5.74, 6) is 1.67. The molecule has 4 rings (SSSR count). The van der Waals surface area contributed by atoms with Crippen molar-refractivity contribution in [3.63, 3.8) is 0 Å². The lowest BCUT2D eigenvalue weighted by atomic mass is 10.1.